The van der Waals surface area contributed by atoms with Gasteiger partial charge in [0.2, 0.25) is 11.8 Å². The van der Waals surface area contributed by atoms with Crippen LogP contribution in [0.25, 0.3) is 0 Å². The molecular formula is C49H70BrN9O18. The first kappa shape index (κ1) is 65.8. The average molecular weight is 1150 g/mol. The standard InChI is InChI=1S/C49H70BrN9O18/c50-35-13-9-33(10-14-35)30-59(22-4-2-5-36(46(71)72)55-49(77)56-37(47(73)74)15-18-41(62)63)40(61)6-1-3-19-53-45(70)34-11-7-32(8-12-34)27-54-39(60)17-16-38(48(75)76)58(24-21-52-29-43(66)67)26-25-57(31-44(68)69)23-20-51-28-42(64)65/h7-14,36-38,51-52H,1-6,15-31H2,(H,53,70)(H,54,60)(H,62,63)(H,64,65)(H,66,67)(H,68,69)(H,71,72)(H,73,74)(H,75,76)(H2,55,56,77)/t36-,37-,38?/m1/s1. The molecule has 2 aromatic carbocycles. The third kappa shape index (κ3) is 29.6. The fourth-order valence-corrected chi connectivity index (χ4v) is 7.82. The average Bonchev–Trinajstić information content (AvgIpc) is 3.36. The number of aliphatic carboxylic acids is 7. The van der Waals surface area contributed by atoms with Crippen molar-refractivity contribution in [2.24, 2.45) is 0 Å². The van der Waals surface area contributed by atoms with Crippen molar-refractivity contribution in [2.45, 2.75) is 95.4 Å². The highest BCUT2D eigenvalue weighted by atomic mass is 79.9. The van der Waals surface area contributed by atoms with Crippen LogP contribution in [0.5, 0.6) is 0 Å². The van der Waals surface area contributed by atoms with Gasteiger partial charge in [-0.1, -0.05) is 40.2 Å². The van der Waals surface area contributed by atoms with E-state index in [4.69, 9.17) is 15.3 Å². The van der Waals surface area contributed by atoms with Crippen molar-refractivity contribution >= 4 is 81.5 Å². The number of rotatable bonds is 42. The number of carbonyl (C=O) groups is 11. The number of benzene rings is 2. The van der Waals surface area contributed by atoms with Gasteiger partial charge in [-0.25, -0.2) is 14.4 Å². The lowest BCUT2D eigenvalue weighted by Gasteiger charge is -2.31. The molecule has 0 heterocycles. The number of urea groups is 1. The maximum absolute atomic E-state index is 13.5. The topological polar surface area (TPSA) is 411 Å². The van der Waals surface area contributed by atoms with E-state index in [2.05, 4.69) is 47.8 Å². The summed E-state index contributed by atoms with van der Waals surface area (Å²) in [5, 5.41) is 80.5. The molecule has 27 nitrogen and oxygen atoms in total. The number of unbranched alkanes of at least 4 members (excludes halogenated alkanes) is 2. The summed E-state index contributed by atoms with van der Waals surface area (Å²) in [4.78, 5) is 136. The fraction of sp³-hybridized carbons (Fsp3) is 0.531. The van der Waals surface area contributed by atoms with Gasteiger partial charge in [0.1, 0.15) is 18.1 Å². The molecule has 28 heteroatoms. The van der Waals surface area contributed by atoms with Crippen molar-refractivity contribution in [1.82, 2.24) is 46.6 Å². The summed E-state index contributed by atoms with van der Waals surface area (Å²) in [6.07, 6.45) is 0.315. The van der Waals surface area contributed by atoms with Crippen LogP contribution >= 0.6 is 15.9 Å². The first-order chi connectivity index (χ1) is 36.5. The van der Waals surface area contributed by atoms with E-state index >= 15 is 0 Å². The number of carboxylic acid groups (broad SMARTS) is 7. The number of carboxylic acids is 7. The molecule has 0 aliphatic carbocycles. The molecule has 2 rings (SSSR count). The monoisotopic (exact) mass is 1150 g/mol. The number of nitrogens with zero attached hydrogens (tertiary/aromatic N) is 3. The van der Waals surface area contributed by atoms with E-state index in [9.17, 15) is 73.2 Å². The molecule has 0 radical (unpaired) electrons. The summed E-state index contributed by atoms with van der Waals surface area (Å²) >= 11 is 3.39. The molecule has 0 saturated carbocycles. The molecule has 0 spiro atoms. The molecule has 0 aliphatic heterocycles. The van der Waals surface area contributed by atoms with Crippen LogP contribution in [-0.2, 0) is 56.2 Å². The Kier molecular flexibility index (Phi) is 31.4. The number of amides is 5. The van der Waals surface area contributed by atoms with Gasteiger partial charge in [-0.05, 0) is 80.3 Å². The highest BCUT2D eigenvalue weighted by Gasteiger charge is 2.28. The van der Waals surface area contributed by atoms with Gasteiger partial charge in [0.15, 0.2) is 0 Å². The molecule has 0 saturated heterocycles. The Balaban J connectivity index is 1.90. The number of hydrogen-bond acceptors (Lipinski definition) is 15. The lowest BCUT2D eigenvalue weighted by molar-refractivity contribution is -0.145. The highest BCUT2D eigenvalue weighted by Crippen LogP contribution is 2.16. The van der Waals surface area contributed by atoms with E-state index in [-0.39, 0.29) is 122 Å². The Bertz CT molecular complexity index is 2270. The number of hydrogen-bond donors (Lipinski definition) is 13. The molecule has 426 valence electrons. The molecule has 0 aliphatic rings. The molecule has 1 unspecified atom stereocenters. The van der Waals surface area contributed by atoms with Crippen molar-refractivity contribution in [2.75, 3.05) is 72.0 Å². The van der Waals surface area contributed by atoms with E-state index in [1.54, 1.807) is 29.2 Å². The number of carbonyl (C=O) groups excluding carboxylic acids is 4. The summed E-state index contributed by atoms with van der Waals surface area (Å²) in [5.74, 6) is -9.77. The van der Waals surface area contributed by atoms with Gasteiger partial charge in [-0.3, -0.25) is 48.2 Å². The van der Waals surface area contributed by atoms with Crippen LogP contribution in [0, 0.1) is 0 Å². The van der Waals surface area contributed by atoms with Gasteiger partial charge in [-0.15, -0.1) is 0 Å². The summed E-state index contributed by atoms with van der Waals surface area (Å²) < 4.78 is 0.839. The minimum Gasteiger partial charge on any atom is -0.481 e. The highest BCUT2D eigenvalue weighted by molar-refractivity contribution is 9.10. The lowest BCUT2D eigenvalue weighted by atomic mass is 10.1. The Morgan fingerprint density at radius 1 is 0.519 bits per heavy atom. The normalized spacial score (nSPS) is 12.2. The maximum Gasteiger partial charge on any atom is 0.326 e. The van der Waals surface area contributed by atoms with Gasteiger partial charge in [0.25, 0.3) is 5.91 Å². The van der Waals surface area contributed by atoms with Gasteiger partial charge in [-0.2, -0.15) is 0 Å². The molecule has 0 aromatic heterocycles. The predicted octanol–water partition coefficient (Wildman–Crippen LogP) is 0.505. The smallest absolute Gasteiger partial charge is 0.326 e. The zero-order valence-corrected chi connectivity index (χ0v) is 44.0. The molecular weight excluding hydrogens is 1080 g/mol. The molecule has 0 fully saturated rings. The molecule has 2 aromatic rings. The van der Waals surface area contributed by atoms with Crippen LogP contribution < -0.4 is 31.9 Å². The Labute approximate surface area is 452 Å². The SMILES string of the molecule is O=C(O)CC[C@@H](NC(=O)N[C@H](CCCCN(Cc1ccc(Br)cc1)C(=O)CCCCNC(=O)c1ccc(CNC(=O)CCC(C(=O)O)N(CCNCC(=O)O)CCN(CCNCC(=O)O)CC(=O)O)cc1)C(=O)O)C(=O)O. The zero-order valence-electron chi connectivity index (χ0n) is 42.5. The van der Waals surface area contributed by atoms with E-state index in [0.29, 0.717) is 30.4 Å². The van der Waals surface area contributed by atoms with Crippen LogP contribution in [0.4, 0.5) is 4.79 Å². The summed E-state index contributed by atoms with van der Waals surface area (Å²) in [5.41, 5.74) is 1.81. The van der Waals surface area contributed by atoms with E-state index in [0.717, 1.165) is 10.0 Å². The number of nitrogens with one attached hydrogen (secondary N) is 6. The minimum atomic E-state index is -1.55. The van der Waals surface area contributed by atoms with Crippen molar-refractivity contribution in [1.29, 1.82) is 0 Å². The Morgan fingerprint density at radius 3 is 1.69 bits per heavy atom. The largest absolute Gasteiger partial charge is 0.481 e. The number of halogens is 1. The Morgan fingerprint density at radius 2 is 1.12 bits per heavy atom. The van der Waals surface area contributed by atoms with Crippen LogP contribution in [0.1, 0.15) is 85.7 Å². The van der Waals surface area contributed by atoms with Gasteiger partial charge in [0, 0.05) is 94.7 Å². The maximum atomic E-state index is 13.5. The molecule has 5 amide bonds. The zero-order chi connectivity index (χ0) is 57.3. The van der Waals surface area contributed by atoms with Crippen LogP contribution in [0.2, 0.25) is 0 Å². The van der Waals surface area contributed by atoms with Gasteiger partial charge in [0.05, 0.1) is 19.6 Å². The Hall–Kier alpha value is -7.27. The summed E-state index contributed by atoms with van der Waals surface area (Å²) in [7, 11) is 0. The van der Waals surface area contributed by atoms with E-state index < -0.39 is 91.2 Å². The van der Waals surface area contributed by atoms with Crippen LogP contribution in [0.15, 0.2) is 53.0 Å². The summed E-state index contributed by atoms with van der Waals surface area (Å²) in [6.45, 7) is 0.192. The van der Waals surface area contributed by atoms with Crippen LogP contribution in [0.3, 0.4) is 0 Å². The summed E-state index contributed by atoms with van der Waals surface area (Å²) in [6, 6.07) is 8.53. The van der Waals surface area contributed by atoms with Crippen molar-refractivity contribution in [3.05, 3.63) is 69.7 Å². The third-order valence-electron chi connectivity index (χ3n) is 11.6. The minimum absolute atomic E-state index is 0.0317. The second-order valence-corrected chi connectivity index (χ2v) is 18.6. The van der Waals surface area contributed by atoms with Gasteiger partial charge < -0.3 is 72.5 Å². The van der Waals surface area contributed by atoms with Crippen molar-refractivity contribution < 1.29 is 88.5 Å². The quantitative estimate of drug-likeness (QED) is 0.0403. The van der Waals surface area contributed by atoms with Gasteiger partial charge >= 0.3 is 47.8 Å². The first-order valence-electron chi connectivity index (χ1n) is 24.7. The third-order valence-corrected chi connectivity index (χ3v) is 12.2. The molecule has 77 heavy (non-hydrogen) atoms. The first-order valence-corrected chi connectivity index (χ1v) is 25.5. The predicted molar refractivity (Wildman–Crippen MR) is 277 cm³/mol. The second kappa shape index (κ2) is 36.7. The van der Waals surface area contributed by atoms with Crippen molar-refractivity contribution in [3.63, 3.8) is 0 Å². The fourth-order valence-electron chi connectivity index (χ4n) is 7.56. The lowest BCUT2D eigenvalue weighted by Crippen LogP contribution is -2.51. The van der Waals surface area contributed by atoms with E-state index in [1.165, 1.54) is 9.80 Å². The molecule has 13 N–H and O–H groups in total. The molecule has 3 atom stereocenters. The second-order valence-electron chi connectivity index (χ2n) is 17.7. The molecule has 0 bridgehead atoms. The van der Waals surface area contributed by atoms with Crippen LogP contribution in [-0.4, -0.2) is 206 Å². The van der Waals surface area contributed by atoms with E-state index in [1.807, 2.05) is 24.3 Å². The van der Waals surface area contributed by atoms with Crippen molar-refractivity contribution in [3.8, 4) is 0 Å².